The molecule has 210 valence electrons. The van der Waals surface area contributed by atoms with Crippen LogP contribution >= 0.6 is 0 Å². The Morgan fingerprint density at radius 3 is 2.54 bits per heavy atom. The van der Waals surface area contributed by atoms with E-state index in [1.807, 2.05) is 26.0 Å². The second-order valence-corrected chi connectivity index (χ2v) is 11.4. The van der Waals surface area contributed by atoms with Crippen LogP contribution in [0.25, 0.3) is 0 Å². The van der Waals surface area contributed by atoms with E-state index in [2.05, 4.69) is 29.3 Å². The van der Waals surface area contributed by atoms with Crippen LogP contribution in [0.3, 0.4) is 0 Å². The van der Waals surface area contributed by atoms with Crippen LogP contribution in [0.2, 0.25) is 0 Å². The molecule has 1 spiro atoms. The Labute approximate surface area is 228 Å². The first-order chi connectivity index (χ1) is 18.5. The highest BCUT2D eigenvalue weighted by atomic mass is 19.3. The maximum atomic E-state index is 14.3. The molecule has 1 aliphatic carbocycles. The van der Waals surface area contributed by atoms with Crippen molar-refractivity contribution in [2.75, 3.05) is 11.4 Å². The fraction of sp³-hybridized carbons (Fsp3) is 0.533. The minimum absolute atomic E-state index is 0.0677. The normalized spacial score (nSPS) is 26.9. The SMILES string of the molecule is CC(C)Oc1cccc(CN2CC[C@@]3(CC2C)C(=NC2CCC(F)(F)CC2)NC(=O)N3c2cccc(F)c2)c1. The van der Waals surface area contributed by atoms with Gasteiger partial charge in [-0.15, -0.1) is 0 Å². The van der Waals surface area contributed by atoms with E-state index < -0.39 is 17.3 Å². The lowest BCUT2D eigenvalue weighted by Crippen LogP contribution is -2.59. The number of likely N-dealkylation sites (tertiary alicyclic amines) is 1. The van der Waals surface area contributed by atoms with Crippen LogP contribution in [0, 0.1) is 5.82 Å². The summed E-state index contributed by atoms with van der Waals surface area (Å²) >= 11 is 0. The van der Waals surface area contributed by atoms with E-state index >= 15 is 0 Å². The lowest BCUT2D eigenvalue weighted by Gasteiger charge is -2.47. The Morgan fingerprint density at radius 1 is 1.10 bits per heavy atom. The lowest BCUT2D eigenvalue weighted by atomic mass is 9.81. The van der Waals surface area contributed by atoms with E-state index in [9.17, 15) is 18.0 Å². The molecular weight excluding hydrogens is 505 g/mol. The van der Waals surface area contributed by atoms with Gasteiger partial charge in [0.1, 0.15) is 22.9 Å². The van der Waals surface area contributed by atoms with E-state index in [1.54, 1.807) is 17.0 Å². The molecule has 6 nitrogen and oxygen atoms in total. The third-order valence-corrected chi connectivity index (χ3v) is 8.09. The molecule has 2 amide bonds. The van der Waals surface area contributed by atoms with Crippen LogP contribution in [0.15, 0.2) is 53.5 Å². The van der Waals surface area contributed by atoms with Crippen LogP contribution in [-0.2, 0) is 6.54 Å². The van der Waals surface area contributed by atoms with E-state index in [1.165, 1.54) is 12.1 Å². The van der Waals surface area contributed by atoms with Gasteiger partial charge in [-0.2, -0.15) is 0 Å². The zero-order valence-corrected chi connectivity index (χ0v) is 22.8. The molecule has 39 heavy (non-hydrogen) atoms. The van der Waals surface area contributed by atoms with Gasteiger partial charge in [0.05, 0.1) is 12.1 Å². The second kappa shape index (κ2) is 10.8. The topological polar surface area (TPSA) is 57.2 Å². The van der Waals surface area contributed by atoms with Gasteiger partial charge in [-0.1, -0.05) is 18.2 Å². The highest BCUT2D eigenvalue weighted by molar-refractivity contribution is 6.19. The van der Waals surface area contributed by atoms with Crippen LogP contribution in [-0.4, -0.2) is 53.0 Å². The number of nitrogens with zero attached hydrogens (tertiary/aromatic N) is 3. The molecule has 0 bridgehead atoms. The molecule has 3 fully saturated rings. The van der Waals surface area contributed by atoms with Crippen molar-refractivity contribution < 1.29 is 22.7 Å². The number of piperidine rings is 1. The number of hydrogen-bond donors (Lipinski definition) is 1. The van der Waals surface area contributed by atoms with Crippen molar-refractivity contribution in [1.29, 1.82) is 0 Å². The summed E-state index contributed by atoms with van der Waals surface area (Å²) in [6.07, 6.45) is 1.39. The summed E-state index contributed by atoms with van der Waals surface area (Å²) in [6, 6.07) is 13.5. The van der Waals surface area contributed by atoms with E-state index in [-0.39, 0.29) is 49.9 Å². The number of urea groups is 1. The first-order valence-electron chi connectivity index (χ1n) is 13.9. The smallest absolute Gasteiger partial charge is 0.328 e. The molecule has 2 aromatic carbocycles. The summed E-state index contributed by atoms with van der Waals surface area (Å²) in [5, 5.41) is 2.95. The van der Waals surface area contributed by atoms with Gasteiger partial charge in [-0.3, -0.25) is 20.1 Å². The molecule has 2 aliphatic heterocycles. The van der Waals surface area contributed by atoms with Crippen molar-refractivity contribution in [2.24, 2.45) is 4.99 Å². The van der Waals surface area contributed by atoms with E-state index in [4.69, 9.17) is 9.73 Å². The van der Waals surface area contributed by atoms with Gasteiger partial charge in [-0.25, -0.2) is 18.0 Å². The largest absolute Gasteiger partial charge is 0.491 e. The van der Waals surface area contributed by atoms with Gasteiger partial charge in [0.15, 0.2) is 0 Å². The zero-order chi connectivity index (χ0) is 27.8. The summed E-state index contributed by atoms with van der Waals surface area (Å²) in [6.45, 7) is 7.52. The van der Waals surface area contributed by atoms with Gasteiger partial charge in [0.2, 0.25) is 5.92 Å². The third kappa shape index (κ3) is 5.93. The minimum atomic E-state index is -2.65. The fourth-order valence-corrected chi connectivity index (χ4v) is 6.19. The summed E-state index contributed by atoms with van der Waals surface area (Å²) < 4.78 is 47.7. The van der Waals surface area contributed by atoms with Crippen molar-refractivity contribution in [3.8, 4) is 5.75 Å². The number of ether oxygens (including phenoxy) is 1. The Balaban J connectivity index is 1.42. The number of amides is 2. The van der Waals surface area contributed by atoms with Crippen molar-refractivity contribution in [2.45, 2.75) is 95.5 Å². The number of benzene rings is 2. The first kappa shape index (κ1) is 27.5. The molecular formula is C30H37F3N4O2. The van der Waals surface area contributed by atoms with Crippen LogP contribution in [0.5, 0.6) is 5.75 Å². The summed E-state index contributed by atoms with van der Waals surface area (Å²) in [4.78, 5) is 22.3. The Hall–Kier alpha value is -3.07. The highest BCUT2D eigenvalue weighted by Crippen LogP contribution is 2.42. The average Bonchev–Trinajstić information content (AvgIpc) is 3.12. The lowest BCUT2D eigenvalue weighted by molar-refractivity contribution is -0.0374. The molecule has 1 N–H and O–H groups in total. The number of carbonyl (C=O) groups is 1. The number of carbonyl (C=O) groups excluding carboxylic acids is 1. The zero-order valence-electron chi connectivity index (χ0n) is 22.8. The Kier molecular flexibility index (Phi) is 7.64. The van der Waals surface area contributed by atoms with E-state index in [0.717, 1.165) is 17.9 Å². The maximum Gasteiger partial charge on any atom is 0.328 e. The number of alkyl halides is 2. The van der Waals surface area contributed by atoms with Gasteiger partial charge >= 0.3 is 6.03 Å². The summed E-state index contributed by atoms with van der Waals surface area (Å²) in [7, 11) is 0. The quantitative estimate of drug-likeness (QED) is 0.451. The standard InChI is InChI=1S/C30H37F3N4O2/c1-20(2)39-26-9-4-6-22(16-26)19-36-15-14-29(18-21(36)3)27(34-24-10-12-30(32,33)13-11-24)35-28(38)37(29)25-8-5-7-23(31)17-25/h4-9,16-17,20-21,24H,10-15,18-19H2,1-3H3,(H,34,35,38)/t21?,29-/m1/s1. The van der Waals surface area contributed by atoms with Crippen molar-refractivity contribution >= 4 is 17.6 Å². The van der Waals surface area contributed by atoms with Crippen molar-refractivity contribution in [3.63, 3.8) is 0 Å². The number of hydrogen-bond acceptors (Lipinski definition) is 4. The Morgan fingerprint density at radius 2 is 1.85 bits per heavy atom. The molecule has 3 aliphatic rings. The summed E-state index contributed by atoms with van der Waals surface area (Å²) in [5.74, 6) is -1.73. The van der Waals surface area contributed by atoms with Crippen LogP contribution < -0.4 is 15.0 Å². The van der Waals surface area contributed by atoms with Crippen molar-refractivity contribution in [3.05, 3.63) is 59.9 Å². The highest BCUT2D eigenvalue weighted by Gasteiger charge is 2.55. The number of nitrogens with one attached hydrogen (secondary N) is 1. The summed E-state index contributed by atoms with van der Waals surface area (Å²) in [5.41, 5.74) is 0.797. The molecule has 2 atom stereocenters. The first-order valence-corrected chi connectivity index (χ1v) is 13.9. The molecule has 1 saturated carbocycles. The van der Waals surface area contributed by atoms with Gasteiger partial charge < -0.3 is 4.74 Å². The number of anilines is 1. The fourth-order valence-electron chi connectivity index (χ4n) is 6.19. The van der Waals surface area contributed by atoms with Gasteiger partial charge in [-0.05, 0) is 82.3 Å². The predicted octanol–water partition coefficient (Wildman–Crippen LogP) is 6.54. The average molecular weight is 543 g/mol. The Bertz CT molecular complexity index is 1230. The number of amidine groups is 1. The molecule has 1 unspecified atom stereocenters. The van der Waals surface area contributed by atoms with Crippen LogP contribution in [0.4, 0.5) is 23.7 Å². The van der Waals surface area contributed by atoms with Crippen LogP contribution in [0.1, 0.15) is 64.9 Å². The number of aliphatic imine (C=N–C) groups is 1. The van der Waals surface area contributed by atoms with E-state index in [0.29, 0.717) is 30.9 Å². The molecule has 2 aromatic rings. The molecule has 2 saturated heterocycles. The predicted molar refractivity (Wildman–Crippen MR) is 146 cm³/mol. The minimum Gasteiger partial charge on any atom is -0.491 e. The molecule has 0 radical (unpaired) electrons. The second-order valence-electron chi connectivity index (χ2n) is 11.4. The number of rotatable bonds is 6. The molecule has 0 aromatic heterocycles. The maximum absolute atomic E-state index is 14.3. The molecule has 9 heteroatoms. The monoisotopic (exact) mass is 542 g/mol. The molecule has 5 rings (SSSR count). The third-order valence-electron chi connectivity index (χ3n) is 8.09. The van der Waals surface area contributed by atoms with Crippen molar-refractivity contribution in [1.82, 2.24) is 10.2 Å². The van der Waals surface area contributed by atoms with Gasteiger partial charge in [0, 0.05) is 37.7 Å². The number of halogens is 3. The van der Waals surface area contributed by atoms with Gasteiger partial charge in [0.25, 0.3) is 0 Å². The molecule has 2 heterocycles.